The Kier molecular flexibility index (Phi) is 5.18. The molecule has 0 aliphatic rings. The summed E-state index contributed by atoms with van der Waals surface area (Å²) in [6.07, 6.45) is 0. The first-order valence-corrected chi connectivity index (χ1v) is 9.62. The number of hydrogen-bond acceptors (Lipinski definition) is 4. The Morgan fingerprint density at radius 1 is 0.929 bits per heavy atom. The van der Waals surface area contributed by atoms with E-state index in [0.29, 0.717) is 27.9 Å². The van der Waals surface area contributed by atoms with Crippen LogP contribution in [0.4, 0.5) is 4.39 Å². The molecular formula is C22H15FN4S. The number of hydrogen-bond donors (Lipinski definition) is 0. The Bertz CT molecular complexity index is 1150. The summed E-state index contributed by atoms with van der Waals surface area (Å²) >= 11 is 1.49. The van der Waals surface area contributed by atoms with Gasteiger partial charge in [-0.1, -0.05) is 54.2 Å². The number of benzene rings is 3. The standard InChI is InChI=1S/C22H15FN4S/c23-20-12-5-4-11-19(20)21-25-26-22(27(21)18-9-2-1-3-10-18)28-15-17-8-6-7-16(13-17)14-24/h1-13H,15H2. The molecule has 0 atom stereocenters. The van der Waals surface area contributed by atoms with Crippen LogP contribution < -0.4 is 0 Å². The number of thioether (sulfide) groups is 1. The normalized spacial score (nSPS) is 10.6. The third-order valence-electron chi connectivity index (χ3n) is 4.19. The fourth-order valence-corrected chi connectivity index (χ4v) is 3.76. The lowest BCUT2D eigenvalue weighted by molar-refractivity contribution is 0.629. The van der Waals surface area contributed by atoms with Gasteiger partial charge in [0.25, 0.3) is 0 Å². The lowest BCUT2D eigenvalue weighted by Gasteiger charge is -2.11. The molecule has 1 heterocycles. The van der Waals surface area contributed by atoms with E-state index >= 15 is 0 Å². The van der Waals surface area contributed by atoms with Crippen LogP contribution in [0, 0.1) is 17.1 Å². The van der Waals surface area contributed by atoms with Crippen molar-refractivity contribution in [3.63, 3.8) is 0 Å². The monoisotopic (exact) mass is 386 g/mol. The van der Waals surface area contributed by atoms with Gasteiger partial charge >= 0.3 is 0 Å². The van der Waals surface area contributed by atoms with E-state index in [2.05, 4.69) is 16.3 Å². The molecule has 28 heavy (non-hydrogen) atoms. The van der Waals surface area contributed by atoms with Crippen LogP contribution in [-0.4, -0.2) is 14.8 Å². The summed E-state index contributed by atoms with van der Waals surface area (Å²) in [5.41, 5.74) is 2.89. The summed E-state index contributed by atoms with van der Waals surface area (Å²) in [7, 11) is 0. The van der Waals surface area contributed by atoms with Crippen molar-refractivity contribution in [1.82, 2.24) is 14.8 Å². The lowest BCUT2D eigenvalue weighted by Crippen LogP contribution is -2.00. The summed E-state index contributed by atoms with van der Waals surface area (Å²) in [6, 6.07) is 25.8. The Morgan fingerprint density at radius 3 is 2.50 bits per heavy atom. The molecule has 4 aromatic rings. The average Bonchev–Trinajstić information content (AvgIpc) is 3.17. The summed E-state index contributed by atoms with van der Waals surface area (Å²) in [4.78, 5) is 0. The molecule has 0 saturated carbocycles. The Balaban J connectivity index is 1.73. The maximum Gasteiger partial charge on any atom is 0.196 e. The van der Waals surface area contributed by atoms with Gasteiger partial charge < -0.3 is 0 Å². The van der Waals surface area contributed by atoms with Gasteiger partial charge in [0.2, 0.25) is 0 Å². The summed E-state index contributed by atoms with van der Waals surface area (Å²) in [6.45, 7) is 0. The fraction of sp³-hybridized carbons (Fsp3) is 0.0455. The third-order valence-corrected chi connectivity index (χ3v) is 5.19. The van der Waals surface area contributed by atoms with Gasteiger partial charge in [0.1, 0.15) is 5.82 Å². The van der Waals surface area contributed by atoms with Crippen LogP contribution in [0.5, 0.6) is 0 Å². The molecule has 136 valence electrons. The second-order valence-corrected chi connectivity index (χ2v) is 7.00. The van der Waals surface area contributed by atoms with E-state index < -0.39 is 0 Å². The minimum atomic E-state index is -0.342. The summed E-state index contributed by atoms with van der Waals surface area (Å²) in [5.74, 6) is 0.737. The molecule has 0 radical (unpaired) electrons. The predicted octanol–water partition coefficient (Wildman–Crippen LogP) is 5.24. The van der Waals surface area contributed by atoms with Gasteiger partial charge in [0.05, 0.1) is 17.2 Å². The minimum Gasteiger partial charge on any atom is -0.270 e. The largest absolute Gasteiger partial charge is 0.270 e. The van der Waals surface area contributed by atoms with Crippen molar-refractivity contribution in [2.45, 2.75) is 10.9 Å². The van der Waals surface area contributed by atoms with Gasteiger partial charge in [-0.25, -0.2) is 4.39 Å². The van der Waals surface area contributed by atoms with Crippen LogP contribution in [0.25, 0.3) is 17.1 Å². The smallest absolute Gasteiger partial charge is 0.196 e. The van der Waals surface area contributed by atoms with Crippen molar-refractivity contribution in [3.8, 4) is 23.1 Å². The summed E-state index contributed by atoms with van der Waals surface area (Å²) in [5, 5.41) is 18.3. The second-order valence-electron chi connectivity index (χ2n) is 6.06. The van der Waals surface area contributed by atoms with Gasteiger partial charge in [-0.3, -0.25) is 4.57 Å². The van der Waals surface area contributed by atoms with Crippen LogP contribution in [0.2, 0.25) is 0 Å². The number of nitrogens with zero attached hydrogens (tertiary/aromatic N) is 4. The van der Waals surface area contributed by atoms with Crippen LogP contribution in [0.15, 0.2) is 84.0 Å². The first kappa shape index (κ1) is 18.0. The van der Waals surface area contributed by atoms with Crippen molar-refractivity contribution < 1.29 is 4.39 Å². The number of para-hydroxylation sites is 1. The van der Waals surface area contributed by atoms with Crippen molar-refractivity contribution in [2.75, 3.05) is 0 Å². The van der Waals surface area contributed by atoms with Crippen molar-refractivity contribution >= 4 is 11.8 Å². The molecule has 0 fully saturated rings. The summed E-state index contributed by atoms with van der Waals surface area (Å²) < 4.78 is 16.3. The second kappa shape index (κ2) is 8.07. The highest BCUT2D eigenvalue weighted by Gasteiger charge is 2.18. The zero-order chi connectivity index (χ0) is 19.3. The number of rotatable bonds is 5. The SMILES string of the molecule is N#Cc1cccc(CSc2nnc(-c3ccccc3F)n2-c2ccccc2)c1. The van der Waals surface area contributed by atoms with Crippen LogP contribution >= 0.6 is 11.8 Å². The highest BCUT2D eigenvalue weighted by molar-refractivity contribution is 7.98. The molecule has 3 aromatic carbocycles. The topological polar surface area (TPSA) is 54.5 Å². The Hall–Kier alpha value is -3.43. The molecule has 0 unspecified atom stereocenters. The van der Waals surface area contributed by atoms with Crippen LogP contribution in [-0.2, 0) is 5.75 Å². The van der Waals surface area contributed by atoms with E-state index in [0.717, 1.165) is 11.3 Å². The molecule has 6 heteroatoms. The van der Waals surface area contributed by atoms with E-state index in [1.54, 1.807) is 24.3 Å². The zero-order valence-corrected chi connectivity index (χ0v) is 15.6. The van der Waals surface area contributed by atoms with Gasteiger partial charge in [-0.15, -0.1) is 10.2 Å². The van der Waals surface area contributed by atoms with Crippen LogP contribution in [0.1, 0.15) is 11.1 Å². The van der Waals surface area contributed by atoms with E-state index in [9.17, 15) is 4.39 Å². The lowest BCUT2D eigenvalue weighted by atomic mass is 10.2. The van der Waals surface area contributed by atoms with Gasteiger partial charge in [-0.05, 0) is 42.0 Å². The van der Waals surface area contributed by atoms with E-state index in [4.69, 9.17) is 5.26 Å². The Labute approximate surface area is 166 Å². The molecule has 0 spiro atoms. The average molecular weight is 386 g/mol. The molecular weight excluding hydrogens is 371 g/mol. The quantitative estimate of drug-likeness (QED) is 0.440. The first-order chi connectivity index (χ1) is 13.8. The van der Waals surface area contributed by atoms with E-state index in [1.165, 1.54) is 17.8 Å². The number of nitriles is 1. The molecule has 0 aliphatic carbocycles. The highest BCUT2D eigenvalue weighted by atomic mass is 32.2. The minimum absolute atomic E-state index is 0.342. The number of aromatic nitrogens is 3. The van der Waals surface area contributed by atoms with Crippen LogP contribution in [0.3, 0.4) is 0 Å². The fourth-order valence-electron chi connectivity index (χ4n) is 2.87. The molecule has 0 saturated heterocycles. The highest BCUT2D eigenvalue weighted by Crippen LogP contribution is 2.30. The first-order valence-electron chi connectivity index (χ1n) is 8.64. The molecule has 4 nitrogen and oxygen atoms in total. The van der Waals surface area contributed by atoms with Gasteiger partial charge in [0, 0.05) is 11.4 Å². The maximum atomic E-state index is 14.4. The van der Waals surface area contributed by atoms with Crippen molar-refractivity contribution in [2.24, 2.45) is 0 Å². The molecule has 0 aliphatic heterocycles. The maximum absolute atomic E-state index is 14.4. The van der Waals surface area contributed by atoms with E-state index in [1.807, 2.05) is 53.1 Å². The molecule has 1 aromatic heterocycles. The van der Waals surface area contributed by atoms with Crippen molar-refractivity contribution in [1.29, 1.82) is 5.26 Å². The molecule has 0 N–H and O–H groups in total. The zero-order valence-electron chi connectivity index (χ0n) is 14.8. The number of halogens is 1. The predicted molar refractivity (Wildman–Crippen MR) is 107 cm³/mol. The third kappa shape index (κ3) is 3.66. The van der Waals surface area contributed by atoms with Gasteiger partial charge in [0.15, 0.2) is 11.0 Å². The van der Waals surface area contributed by atoms with E-state index in [-0.39, 0.29) is 5.82 Å². The molecule has 0 bridgehead atoms. The molecule has 4 rings (SSSR count). The van der Waals surface area contributed by atoms with Gasteiger partial charge in [-0.2, -0.15) is 5.26 Å². The van der Waals surface area contributed by atoms with Crippen molar-refractivity contribution in [3.05, 3.63) is 95.8 Å². The molecule has 0 amide bonds. The Morgan fingerprint density at radius 2 is 1.71 bits per heavy atom.